The van der Waals surface area contributed by atoms with Crippen molar-refractivity contribution in [2.75, 3.05) is 0 Å². The minimum absolute atomic E-state index is 0.282. The number of hydrogen-bond donors (Lipinski definition) is 0. The molecule has 0 spiro atoms. The van der Waals surface area contributed by atoms with Crippen molar-refractivity contribution < 1.29 is 9.53 Å². The molecule has 3 aromatic rings. The molecular formula is C23H29NO2Si. The fourth-order valence-electron chi connectivity index (χ4n) is 3.57. The smallest absolute Gasteiger partial charge is 0.418 e. The first-order valence-electron chi connectivity index (χ1n) is 9.48. The van der Waals surface area contributed by atoms with Gasteiger partial charge in [0.05, 0.1) is 13.6 Å². The minimum Gasteiger partial charge on any atom is -0.443 e. The first kappa shape index (κ1) is 19.4. The molecule has 27 heavy (non-hydrogen) atoms. The highest BCUT2D eigenvalue weighted by Crippen LogP contribution is 2.26. The highest BCUT2D eigenvalue weighted by atomic mass is 28.3. The van der Waals surface area contributed by atoms with Crippen molar-refractivity contribution in [1.82, 2.24) is 4.57 Å². The highest BCUT2D eigenvalue weighted by Gasteiger charge is 2.32. The average Bonchev–Trinajstić information content (AvgIpc) is 2.89. The molecule has 3 rings (SSSR count). The number of nitrogens with zero attached hydrogens (tertiary/aromatic N) is 1. The van der Waals surface area contributed by atoms with Gasteiger partial charge in [-0.15, -0.1) is 0 Å². The average molecular weight is 380 g/mol. The van der Waals surface area contributed by atoms with Crippen LogP contribution in [0.3, 0.4) is 0 Å². The number of carbonyl (C=O) groups excluding carboxylic acids is 1. The molecule has 0 aliphatic carbocycles. The number of fused-ring (bicyclic) bond motifs is 1. The molecule has 0 bridgehead atoms. The summed E-state index contributed by atoms with van der Waals surface area (Å²) in [6, 6.07) is 18.6. The molecule has 0 amide bonds. The van der Waals surface area contributed by atoms with Crippen molar-refractivity contribution in [3.05, 3.63) is 65.7 Å². The first-order valence-corrected chi connectivity index (χ1v) is 13.0. The van der Waals surface area contributed by atoms with E-state index in [1.807, 2.05) is 49.6 Å². The number of ether oxygens (including phenoxy) is 1. The van der Waals surface area contributed by atoms with Gasteiger partial charge in [-0.2, -0.15) is 0 Å². The summed E-state index contributed by atoms with van der Waals surface area (Å²) in [5.41, 5.74) is 2.92. The molecule has 0 N–H and O–H groups in total. The highest BCUT2D eigenvalue weighted by molar-refractivity contribution is 6.89. The predicted molar refractivity (Wildman–Crippen MR) is 116 cm³/mol. The molecule has 3 nitrogen and oxygen atoms in total. The van der Waals surface area contributed by atoms with E-state index in [-0.39, 0.29) is 6.09 Å². The van der Waals surface area contributed by atoms with E-state index >= 15 is 0 Å². The summed E-state index contributed by atoms with van der Waals surface area (Å²) in [5.74, 6) is 0. The Morgan fingerprint density at radius 3 is 2.15 bits per heavy atom. The summed E-state index contributed by atoms with van der Waals surface area (Å²) in [6.45, 7) is 12.6. The third kappa shape index (κ3) is 4.16. The van der Waals surface area contributed by atoms with Gasteiger partial charge in [0.15, 0.2) is 0 Å². The van der Waals surface area contributed by atoms with Crippen LogP contribution in [0, 0.1) is 0 Å². The van der Waals surface area contributed by atoms with Crippen LogP contribution in [0.2, 0.25) is 19.6 Å². The second kappa shape index (κ2) is 7.00. The van der Waals surface area contributed by atoms with Gasteiger partial charge in [0, 0.05) is 10.7 Å². The number of benzene rings is 2. The maximum atomic E-state index is 13.2. The first-order chi connectivity index (χ1) is 12.6. The molecule has 0 unspecified atom stereocenters. The lowest BCUT2D eigenvalue weighted by Crippen LogP contribution is -2.47. The zero-order valence-corrected chi connectivity index (χ0v) is 18.2. The van der Waals surface area contributed by atoms with Crippen molar-refractivity contribution in [3.8, 4) is 0 Å². The van der Waals surface area contributed by atoms with Crippen molar-refractivity contribution in [2.24, 2.45) is 0 Å². The monoisotopic (exact) mass is 379 g/mol. The van der Waals surface area contributed by atoms with Gasteiger partial charge in [0.2, 0.25) is 0 Å². The lowest BCUT2D eigenvalue weighted by atomic mass is 10.0. The van der Waals surface area contributed by atoms with Crippen LogP contribution in [-0.4, -0.2) is 24.3 Å². The third-order valence-electron chi connectivity index (χ3n) is 4.49. The molecule has 0 saturated heterocycles. The number of carbonyl (C=O) groups is 1. The van der Waals surface area contributed by atoms with Crippen molar-refractivity contribution in [2.45, 2.75) is 52.4 Å². The summed E-state index contributed by atoms with van der Waals surface area (Å²) in [4.78, 5) is 13.2. The third-order valence-corrected chi connectivity index (χ3v) is 6.44. The second-order valence-electron chi connectivity index (χ2n) is 9.07. The largest absolute Gasteiger partial charge is 0.443 e. The number of para-hydroxylation sites is 1. The quantitative estimate of drug-likeness (QED) is 0.558. The van der Waals surface area contributed by atoms with E-state index in [9.17, 15) is 4.79 Å². The van der Waals surface area contributed by atoms with Crippen LogP contribution in [-0.2, 0) is 11.2 Å². The molecule has 1 aromatic heterocycles. The maximum Gasteiger partial charge on any atom is 0.418 e. The molecule has 142 valence electrons. The molecule has 2 aromatic carbocycles. The second-order valence-corrected chi connectivity index (χ2v) is 14.0. The maximum absolute atomic E-state index is 13.2. The van der Waals surface area contributed by atoms with Crippen LogP contribution >= 0.6 is 0 Å². The Labute approximate surface area is 163 Å². The van der Waals surface area contributed by atoms with E-state index in [1.165, 1.54) is 11.1 Å². The summed E-state index contributed by atoms with van der Waals surface area (Å²) in [7, 11) is -1.84. The van der Waals surface area contributed by atoms with Crippen LogP contribution in [0.15, 0.2) is 54.6 Å². The lowest BCUT2D eigenvalue weighted by Gasteiger charge is -2.25. The molecular weight excluding hydrogens is 350 g/mol. The van der Waals surface area contributed by atoms with Crippen LogP contribution in [0.4, 0.5) is 4.79 Å². The van der Waals surface area contributed by atoms with E-state index in [0.29, 0.717) is 0 Å². The van der Waals surface area contributed by atoms with Gasteiger partial charge in [-0.3, -0.25) is 4.57 Å². The molecule has 0 aliphatic heterocycles. The van der Waals surface area contributed by atoms with Gasteiger partial charge in [-0.1, -0.05) is 68.2 Å². The number of rotatable bonds is 3. The topological polar surface area (TPSA) is 31.2 Å². The van der Waals surface area contributed by atoms with Crippen molar-refractivity contribution in [3.63, 3.8) is 0 Å². The molecule has 0 atom stereocenters. The van der Waals surface area contributed by atoms with Crippen molar-refractivity contribution >= 4 is 30.4 Å². The van der Waals surface area contributed by atoms with Gasteiger partial charge < -0.3 is 4.74 Å². The van der Waals surface area contributed by atoms with E-state index in [0.717, 1.165) is 22.6 Å². The Morgan fingerprint density at radius 2 is 1.56 bits per heavy atom. The van der Waals surface area contributed by atoms with Crippen molar-refractivity contribution in [1.29, 1.82) is 0 Å². The summed E-state index contributed by atoms with van der Waals surface area (Å²) >= 11 is 0. The van der Waals surface area contributed by atoms with Gasteiger partial charge in [0.1, 0.15) is 5.60 Å². The van der Waals surface area contributed by atoms with E-state index in [1.54, 1.807) is 0 Å². The fourth-order valence-corrected chi connectivity index (χ4v) is 5.58. The Hall–Kier alpha value is -2.33. The van der Waals surface area contributed by atoms with Gasteiger partial charge >= 0.3 is 6.09 Å². The van der Waals surface area contributed by atoms with Crippen LogP contribution < -0.4 is 5.32 Å². The van der Waals surface area contributed by atoms with Gasteiger partial charge in [-0.25, -0.2) is 4.79 Å². The minimum atomic E-state index is -1.84. The zero-order valence-electron chi connectivity index (χ0n) is 17.2. The van der Waals surface area contributed by atoms with Crippen LogP contribution in [0.25, 0.3) is 10.9 Å². The normalized spacial score (nSPS) is 12.4. The molecule has 0 saturated carbocycles. The zero-order chi connectivity index (χ0) is 19.8. The molecule has 0 fully saturated rings. The molecule has 4 heteroatoms. The Morgan fingerprint density at radius 1 is 0.963 bits per heavy atom. The number of aromatic nitrogens is 1. The standard InChI is InChI=1S/C23H29NO2Si/c1-23(2,3)26-22(25)24-20-15-11-10-14-18(20)19(21(24)27(4,5)6)16-17-12-8-7-9-13-17/h7-15H,16H2,1-6H3. The molecule has 0 aliphatic rings. The lowest BCUT2D eigenvalue weighted by molar-refractivity contribution is 0.0548. The Bertz CT molecular complexity index is 960. The predicted octanol–water partition coefficient (Wildman–Crippen LogP) is 5.56. The van der Waals surface area contributed by atoms with Crippen LogP contribution in [0.5, 0.6) is 0 Å². The number of hydrogen-bond acceptors (Lipinski definition) is 2. The summed E-state index contributed by atoms with van der Waals surface area (Å²) in [5, 5.41) is 2.30. The fraction of sp³-hybridized carbons (Fsp3) is 0.348. The van der Waals surface area contributed by atoms with Crippen LogP contribution in [0.1, 0.15) is 31.9 Å². The SMILES string of the molecule is CC(C)(C)OC(=O)n1c([Si](C)(C)C)c(Cc2ccccc2)c2ccccc21. The Balaban J connectivity index is 2.27. The van der Waals surface area contributed by atoms with E-state index in [2.05, 4.69) is 50.0 Å². The summed E-state index contributed by atoms with van der Waals surface area (Å²) < 4.78 is 7.62. The molecule has 0 radical (unpaired) electrons. The molecule has 1 heterocycles. The van der Waals surface area contributed by atoms with Gasteiger partial charge in [0.25, 0.3) is 0 Å². The Kier molecular flexibility index (Phi) is 5.04. The summed E-state index contributed by atoms with van der Waals surface area (Å²) in [6.07, 6.45) is 0.534. The van der Waals surface area contributed by atoms with E-state index < -0.39 is 13.7 Å². The van der Waals surface area contributed by atoms with E-state index in [4.69, 9.17) is 4.74 Å². The van der Waals surface area contributed by atoms with Gasteiger partial charge in [-0.05, 0) is 44.4 Å².